The van der Waals surface area contributed by atoms with E-state index in [4.69, 9.17) is 0 Å². The number of nitrogens with one attached hydrogen (secondary N) is 1. The second-order valence-electron chi connectivity index (χ2n) is 3.86. The van der Waals surface area contributed by atoms with Gasteiger partial charge < -0.3 is 5.32 Å². The molecule has 1 amide bonds. The van der Waals surface area contributed by atoms with E-state index < -0.39 is 0 Å². The third kappa shape index (κ3) is 2.18. The average molecular weight is 230 g/mol. The monoisotopic (exact) mass is 230 g/mol. The lowest BCUT2D eigenvalue weighted by Gasteiger charge is -2.04. The fourth-order valence-electron chi connectivity index (χ4n) is 1.73. The first-order valence-electron chi connectivity index (χ1n) is 5.31. The van der Waals surface area contributed by atoms with Gasteiger partial charge in [-0.2, -0.15) is 5.10 Å². The predicted octanol–water partition coefficient (Wildman–Crippen LogP) is 1.68. The molecular weight excluding hydrogens is 216 g/mol. The Labute approximate surface area is 99.5 Å². The zero-order valence-electron chi connectivity index (χ0n) is 10.1. The van der Waals surface area contributed by atoms with Crippen LogP contribution in [0.5, 0.6) is 0 Å². The van der Waals surface area contributed by atoms with E-state index in [1.807, 2.05) is 20.9 Å². The van der Waals surface area contributed by atoms with E-state index in [1.165, 1.54) is 0 Å². The minimum absolute atomic E-state index is 0.140. The molecule has 0 bridgehead atoms. The summed E-state index contributed by atoms with van der Waals surface area (Å²) >= 11 is 0. The number of aryl methyl sites for hydroxylation is 2. The average Bonchev–Trinajstić information content (AvgIpc) is 2.54. The number of rotatable bonds is 2. The third-order valence-electron chi connectivity index (χ3n) is 2.67. The number of pyridine rings is 1. The Morgan fingerprint density at radius 2 is 1.94 bits per heavy atom. The summed E-state index contributed by atoms with van der Waals surface area (Å²) in [5, 5.41) is 7.04. The number of anilines is 1. The fourth-order valence-corrected chi connectivity index (χ4v) is 1.73. The van der Waals surface area contributed by atoms with Gasteiger partial charge in [-0.05, 0) is 26.0 Å². The van der Waals surface area contributed by atoms with Crippen molar-refractivity contribution in [3.8, 4) is 0 Å². The lowest BCUT2D eigenvalue weighted by molar-refractivity contribution is 0.102. The summed E-state index contributed by atoms with van der Waals surface area (Å²) in [6, 6.07) is 3.50. The van der Waals surface area contributed by atoms with E-state index in [0.717, 1.165) is 17.1 Å². The molecule has 5 heteroatoms. The summed E-state index contributed by atoms with van der Waals surface area (Å²) in [5.41, 5.74) is 2.95. The third-order valence-corrected chi connectivity index (χ3v) is 2.67. The predicted molar refractivity (Wildman–Crippen MR) is 64.9 cm³/mol. The highest BCUT2D eigenvalue weighted by Crippen LogP contribution is 2.14. The quantitative estimate of drug-likeness (QED) is 0.854. The van der Waals surface area contributed by atoms with Gasteiger partial charge in [0.15, 0.2) is 0 Å². The molecule has 0 saturated heterocycles. The van der Waals surface area contributed by atoms with Crippen molar-refractivity contribution in [2.75, 3.05) is 5.32 Å². The van der Waals surface area contributed by atoms with Crippen LogP contribution < -0.4 is 5.32 Å². The standard InChI is InChI=1S/C12H14N4O/c1-8-11(9(2)16(3)15-8)12(17)14-10-4-6-13-7-5-10/h4-7H,1-3H3,(H,13,14,17). The summed E-state index contributed by atoms with van der Waals surface area (Å²) < 4.78 is 1.71. The van der Waals surface area contributed by atoms with Crippen molar-refractivity contribution in [2.24, 2.45) is 7.05 Å². The molecule has 2 aromatic heterocycles. The number of amides is 1. The van der Waals surface area contributed by atoms with E-state index in [2.05, 4.69) is 15.4 Å². The lowest BCUT2D eigenvalue weighted by atomic mass is 10.2. The maximum Gasteiger partial charge on any atom is 0.259 e. The number of hydrogen-bond donors (Lipinski definition) is 1. The molecule has 0 fully saturated rings. The SMILES string of the molecule is Cc1nn(C)c(C)c1C(=O)Nc1ccncc1. The molecule has 0 aliphatic carbocycles. The first kappa shape index (κ1) is 11.3. The molecule has 0 unspecified atom stereocenters. The van der Waals surface area contributed by atoms with Crippen molar-refractivity contribution in [3.05, 3.63) is 41.5 Å². The Balaban J connectivity index is 2.27. The second kappa shape index (κ2) is 4.37. The van der Waals surface area contributed by atoms with Crippen molar-refractivity contribution < 1.29 is 4.79 Å². The largest absolute Gasteiger partial charge is 0.322 e. The normalized spacial score (nSPS) is 10.3. The number of hydrogen-bond acceptors (Lipinski definition) is 3. The minimum atomic E-state index is -0.140. The molecule has 0 aromatic carbocycles. The molecule has 0 spiro atoms. The zero-order valence-corrected chi connectivity index (χ0v) is 10.1. The van der Waals surface area contributed by atoms with Crippen molar-refractivity contribution in [3.63, 3.8) is 0 Å². The maximum atomic E-state index is 12.1. The molecule has 2 aromatic rings. The van der Waals surface area contributed by atoms with Gasteiger partial charge in [-0.15, -0.1) is 0 Å². The van der Waals surface area contributed by atoms with E-state index in [1.54, 1.807) is 29.2 Å². The van der Waals surface area contributed by atoms with Gasteiger partial charge in [0.05, 0.1) is 11.3 Å². The maximum absolute atomic E-state index is 12.1. The lowest BCUT2D eigenvalue weighted by Crippen LogP contribution is -2.14. The Kier molecular flexibility index (Phi) is 2.91. The van der Waals surface area contributed by atoms with E-state index in [0.29, 0.717) is 5.56 Å². The van der Waals surface area contributed by atoms with E-state index in [9.17, 15) is 4.79 Å². The van der Waals surface area contributed by atoms with Crippen molar-refractivity contribution in [2.45, 2.75) is 13.8 Å². The second-order valence-corrected chi connectivity index (χ2v) is 3.86. The molecule has 0 saturated carbocycles. The molecule has 2 heterocycles. The van der Waals surface area contributed by atoms with E-state index >= 15 is 0 Å². The zero-order chi connectivity index (χ0) is 12.4. The van der Waals surface area contributed by atoms with Gasteiger partial charge in [0.25, 0.3) is 5.91 Å². The van der Waals surface area contributed by atoms with Gasteiger partial charge >= 0.3 is 0 Å². The number of carbonyl (C=O) groups excluding carboxylic acids is 1. The van der Waals surface area contributed by atoms with Crippen LogP contribution in [0.4, 0.5) is 5.69 Å². The van der Waals surface area contributed by atoms with Crippen LogP contribution in [0.1, 0.15) is 21.7 Å². The van der Waals surface area contributed by atoms with Crippen LogP contribution in [0.2, 0.25) is 0 Å². The summed E-state index contributed by atoms with van der Waals surface area (Å²) in [6.07, 6.45) is 3.27. The molecule has 2 rings (SSSR count). The summed E-state index contributed by atoms with van der Waals surface area (Å²) in [6.45, 7) is 3.70. The molecule has 1 N–H and O–H groups in total. The summed E-state index contributed by atoms with van der Waals surface area (Å²) in [4.78, 5) is 16.0. The number of nitrogens with zero attached hydrogens (tertiary/aromatic N) is 3. The van der Waals surface area contributed by atoms with Gasteiger partial charge in [0, 0.05) is 30.8 Å². The van der Waals surface area contributed by atoms with Crippen LogP contribution in [0.25, 0.3) is 0 Å². The van der Waals surface area contributed by atoms with Crippen LogP contribution in [-0.2, 0) is 7.05 Å². The van der Waals surface area contributed by atoms with Gasteiger partial charge in [0.1, 0.15) is 0 Å². The number of aromatic nitrogens is 3. The summed E-state index contributed by atoms with van der Waals surface area (Å²) in [7, 11) is 1.82. The highest BCUT2D eigenvalue weighted by Gasteiger charge is 2.17. The van der Waals surface area contributed by atoms with Gasteiger partial charge in [-0.25, -0.2) is 0 Å². The van der Waals surface area contributed by atoms with Crippen LogP contribution in [0.3, 0.4) is 0 Å². The molecule has 17 heavy (non-hydrogen) atoms. The van der Waals surface area contributed by atoms with Crippen molar-refractivity contribution >= 4 is 11.6 Å². The molecule has 88 valence electrons. The Bertz CT molecular complexity index is 545. The summed E-state index contributed by atoms with van der Waals surface area (Å²) in [5.74, 6) is -0.140. The molecule has 0 atom stereocenters. The first-order chi connectivity index (χ1) is 8.09. The molecule has 0 aliphatic rings. The molecule has 0 aliphatic heterocycles. The topological polar surface area (TPSA) is 59.8 Å². The molecule has 0 radical (unpaired) electrons. The van der Waals surface area contributed by atoms with Gasteiger partial charge in [0.2, 0.25) is 0 Å². The first-order valence-corrected chi connectivity index (χ1v) is 5.31. The van der Waals surface area contributed by atoms with Gasteiger partial charge in [-0.3, -0.25) is 14.5 Å². The van der Waals surface area contributed by atoms with Crippen LogP contribution in [-0.4, -0.2) is 20.7 Å². The Morgan fingerprint density at radius 1 is 1.29 bits per heavy atom. The van der Waals surface area contributed by atoms with Crippen molar-refractivity contribution in [1.82, 2.24) is 14.8 Å². The smallest absolute Gasteiger partial charge is 0.259 e. The highest BCUT2D eigenvalue weighted by molar-refractivity contribution is 6.05. The molecular formula is C12H14N4O. The minimum Gasteiger partial charge on any atom is -0.322 e. The van der Waals surface area contributed by atoms with Gasteiger partial charge in [-0.1, -0.05) is 0 Å². The van der Waals surface area contributed by atoms with Crippen molar-refractivity contribution in [1.29, 1.82) is 0 Å². The van der Waals surface area contributed by atoms with Crippen LogP contribution in [0.15, 0.2) is 24.5 Å². The highest BCUT2D eigenvalue weighted by atomic mass is 16.1. The van der Waals surface area contributed by atoms with E-state index in [-0.39, 0.29) is 5.91 Å². The van der Waals surface area contributed by atoms with Crippen LogP contribution >= 0.6 is 0 Å². The van der Waals surface area contributed by atoms with Crippen LogP contribution in [0, 0.1) is 13.8 Å². The Morgan fingerprint density at radius 3 is 2.47 bits per heavy atom. The fraction of sp³-hybridized carbons (Fsp3) is 0.250. The Hall–Kier alpha value is -2.17. The number of carbonyl (C=O) groups is 1. The molecule has 5 nitrogen and oxygen atoms in total.